The fourth-order valence-electron chi connectivity index (χ4n) is 2.95. The van der Waals surface area contributed by atoms with Crippen LogP contribution in [-0.2, 0) is 4.79 Å². The molecule has 0 fully saturated rings. The van der Waals surface area contributed by atoms with Gasteiger partial charge in [0, 0.05) is 18.1 Å². The fraction of sp³-hybridized carbons (Fsp3) is 0.182. The molecule has 6 heteroatoms. The van der Waals surface area contributed by atoms with E-state index in [4.69, 9.17) is 15.3 Å². The molecule has 0 bridgehead atoms. The number of anilines is 1. The van der Waals surface area contributed by atoms with Gasteiger partial charge in [-0.2, -0.15) is 10.5 Å². The van der Waals surface area contributed by atoms with E-state index in [-0.39, 0.29) is 5.78 Å². The zero-order valence-corrected chi connectivity index (χ0v) is 15.8. The minimum atomic E-state index is -0.721. The molecule has 138 valence electrons. The molecule has 0 N–H and O–H groups in total. The van der Waals surface area contributed by atoms with Gasteiger partial charge in [0.2, 0.25) is 0 Å². The molecule has 0 aromatic heterocycles. The van der Waals surface area contributed by atoms with E-state index in [0.29, 0.717) is 22.4 Å². The van der Waals surface area contributed by atoms with Crippen LogP contribution >= 0.6 is 0 Å². The number of ether oxygens (including phenoxy) is 1. The first-order chi connectivity index (χ1) is 13.4. The van der Waals surface area contributed by atoms with Gasteiger partial charge in [-0.05, 0) is 68.3 Å². The highest BCUT2D eigenvalue weighted by molar-refractivity contribution is 6.13. The number of ketones is 1. The lowest BCUT2D eigenvalue weighted by Gasteiger charge is -2.31. The van der Waals surface area contributed by atoms with Gasteiger partial charge in [-0.25, -0.2) is 4.99 Å². The number of hydrogen-bond acceptors (Lipinski definition) is 6. The van der Waals surface area contributed by atoms with E-state index in [2.05, 4.69) is 17.1 Å². The summed E-state index contributed by atoms with van der Waals surface area (Å²) in [6.07, 6.45) is 2.47. The third kappa shape index (κ3) is 3.77. The number of aryl methyl sites for hydroxylation is 2. The van der Waals surface area contributed by atoms with Crippen molar-refractivity contribution >= 4 is 17.7 Å². The smallest absolute Gasteiger partial charge is 0.274 e. The first-order valence-corrected chi connectivity index (χ1v) is 8.65. The molecule has 1 heterocycles. The van der Waals surface area contributed by atoms with Crippen molar-refractivity contribution in [3.05, 3.63) is 70.4 Å². The van der Waals surface area contributed by atoms with Crippen LogP contribution in [0.1, 0.15) is 29.2 Å². The van der Waals surface area contributed by atoms with Crippen LogP contribution in [-0.4, -0.2) is 18.3 Å². The molecule has 3 rings (SSSR count). The van der Waals surface area contributed by atoms with Crippen molar-refractivity contribution in [3.63, 3.8) is 0 Å². The maximum absolute atomic E-state index is 11.8. The summed E-state index contributed by atoms with van der Waals surface area (Å²) >= 11 is 0. The van der Waals surface area contributed by atoms with E-state index < -0.39 is 6.35 Å². The molecular formula is C22H18N4O2. The lowest BCUT2D eigenvalue weighted by atomic mass is 10.1. The van der Waals surface area contributed by atoms with E-state index in [1.54, 1.807) is 47.5 Å². The minimum Gasteiger partial charge on any atom is -0.450 e. The predicted molar refractivity (Wildman–Crippen MR) is 106 cm³/mol. The largest absolute Gasteiger partial charge is 0.450 e. The van der Waals surface area contributed by atoms with E-state index in [0.717, 1.165) is 16.8 Å². The van der Waals surface area contributed by atoms with Gasteiger partial charge in [-0.3, -0.25) is 9.69 Å². The quantitative estimate of drug-likeness (QED) is 0.817. The molecule has 0 amide bonds. The SMILES string of the molecule is CC(=O)C1=CN(c2ccc(C#N)cc2)C(Oc2c(C)cc(C#N)cc2C)N=C1. The summed E-state index contributed by atoms with van der Waals surface area (Å²) in [6.45, 7) is 5.22. The average molecular weight is 370 g/mol. The minimum absolute atomic E-state index is 0.105. The van der Waals surface area contributed by atoms with Crippen molar-refractivity contribution in [3.8, 4) is 17.9 Å². The molecule has 2 aromatic carbocycles. The van der Waals surface area contributed by atoms with Crippen molar-refractivity contribution < 1.29 is 9.53 Å². The van der Waals surface area contributed by atoms with Crippen LogP contribution in [0.5, 0.6) is 5.75 Å². The number of nitrogens with zero attached hydrogens (tertiary/aromatic N) is 4. The molecule has 6 nitrogen and oxygen atoms in total. The lowest BCUT2D eigenvalue weighted by Crippen LogP contribution is -2.38. The number of aliphatic imine (C=N–C) groups is 1. The Morgan fingerprint density at radius 3 is 2.21 bits per heavy atom. The molecule has 1 atom stereocenters. The zero-order chi connectivity index (χ0) is 20.3. The Morgan fingerprint density at radius 2 is 1.68 bits per heavy atom. The molecule has 28 heavy (non-hydrogen) atoms. The summed E-state index contributed by atoms with van der Waals surface area (Å²) in [6, 6.07) is 14.7. The Bertz CT molecular complexity index is 1050. The summed E-state index contributed by atoms with van der Waals surface area (Å²) in [5.41, 5.74) is 3.95. The van der Waals surface area contributed by atoms with Crippen molar-refractivity contribution in [1.82, 2.24) is 0 Å². The van der Waals surface area contributed by atoms with Gasteiger partial charge >= 0.3 is 0 Å². The van der Waals surface area contributed by atoms with Gasteiger partial charge in [0.05, 0.1) is 28.8 Å². The molecule has 1 unspecified atom stereocenters. The van der Waals surface area contributed by atoms with Crippen LogP contribution < -0.4 is 9.64 Å². The normalized spacial score (nSPS) is 15.4. The molecule has 0 aliphatic carbocycles. The summed E-state index contributed by atoms with van der Waals surface area (Å²) in [7, 11) is 0. The first-order valence-electron chi connectivity index (χ1n) is 8.65. The summed E-state index contributed by atoms with van der Waals surface area (Å²) in [5, 5.41) is 18.1. The number of Topliss-reactive ketones (excluding diaryl/α,β-unsaturated/α-hetero) is 1. The van der Waals surface area contributed by atoms with E-state index in [1.165, 1.54) is 13.1 Å². The third-order valence-corrected chi connectivity index (χ3v) is 4.37. The topological polar surface area (TPSA) is 89.5 Å². The van der Waals surface area contributed by atoms with Gasteiger partial charge in [0.25, 0.3) is 6.35 Å². The maximum atomic E-state index is 11.8. The van der Waals surface area contributed by atoms with Gasteiger partial charge in [0.1, 0.15) is 5.75 Å². The fourth-order valence-corrected chi connectivity index (χ4v) is 2.95. The summed E-state index contributed by atoms with van der Waals surface area (Å²) < 4.78 is 6.17. The summed E-state index contributed by atoms with van der Waals surface area (Å²) in [5.74, 6) is 0.533. The standard InChI is InChI=1S/C22H18N4O2/c1-14-8-18(11-24)9-15(2)21(14)28-22-25-12-19(16(3)27)13-26(22)20-6-4-17(10-23)5-7-20/h4-9,12-13,22H,1-3H3. The second kappa shape index (κ2) is 7.77. The van der Waals surface area contributed by atoms with Crippen molar-refractivity contribution in [2.45, 2.75) is 27.1 Å². The number of allylic oxidation sites excluding steroid dienone is 1. The highest BCUT2D eigenvalue weighted by Crippen LogP contribution is 2.29. The molecule has 2 aromatic rings. The second-order valence-electron chi connectivity index (χ2n) is 6.48. The van der Waals surface area contributed by atoms with Crippen molar-refractivity contribution in [2.24, 2.45) is 4.99 Å². The molecule has 0 saturated heterocycles. The Hall–Kier alpha value is -3.90. The molecule has 1 aliphatic heterocycles. The van der Waals surface area contributed by atoms with Gasteiger partial charge in [-0.15, -0.1) is 0 Å². The van der Waals surface area contributed by atoms with Crippen molar-refractivity contribution in [2.75, 3.05) is 4.90 Å². The zero-order valence-electron chi connectivity index (χ0n) is 15.8. The van der Waals surface area contributed by atoms with Crippen LogP contribution in [0.2, 0.25) is 0 Å². The van der Waals surface area contributed by atoms with Gasteiger partial charge < -0.3 is 4.74 Å². The van der Waals surface area contributed by atoms with E-state index in [1.807, 2.05) is 13.8 Å². The number of carbonyl (C=O) groups excluding carboxylic acids is 1. The number of rotatable bonds is 4. The molecule has 0 radical (unpaired) electrons. The summed E-state index contributed by atoms with van der Waals surface area (Å²) in [4.78, 5) is 18.0. The average Bonchev–Trinajstić information content (AvgIpc) is 2.70. The molecular weight excluding hydrogens is 352 g/mol. The molecule has 0 spiro atoms. The Labute approximate surface area is 163 Å². The number of benzene rings is 2. The Morgan fingerprint density at radius 1 is 1.07 bits per heavy atom. The highest BCUT2D eigenvalue weighted by Gasteiger charge is 2.24. The van der Waals surface area contributed by atoms with Gasteiger partial charge in [-0.1, -0.05) is 0 Å². The molecule has 0 saturated carbocycles. The predicted octanol–water partition coefficient (Wildman–Crippen LogP) is 3.77. The maximum Gasteiger partial charge on any atom is 0.274 e. The third-order valence-electron chi connectivity index (χ3n) is 4.37. The lowest BCUT2D eigenvalue weighted by molar-refractivity contribution is -0.113. The van der Waals surface area contributed by atoms with Crippen LogP contribution in [0, 0.1) is 36.5 Å². The van der Waals surface area contributed by atoms with E-state index >= 15 is 0 Å². The Balaban J connectivity index is 1.99. The van der Waals surface area contributed by atoms with Crippen LogP contribution in [0.4, 0.5) is 5.69 Å². The molecule has 1 aliphatic rings. The van der Waals surface area contributed by atoms with Gasteiger partial charge in [0.15, 0.2) is 5.78 Å². The highest BCUT2D eigenvalue weighted by atomic mass is 16.5. The number of hydrogen-bond donors (Lipinski definition) is 0. The first kappa shape index (κ1) is 18.9. The Kier molecular flexibility index (Phi) is 5.24. The number of nitriles is 2. The van der Waals surface area contributed by atoms with Crippen LogP contribution in [0.3, 0.4) is 0 Å². The van der Waals surface area contributed by atoms with Crippen LogP contribution in [0.15, 0.2) is 53.2 Å². The number of carbonyl (C=O) groups is 1. The monoisotopic (exact) mass is 370 g/mol. The van der Waals surface area contributed by atoms with E-state index in [9.17, 15) is 4.79 Å². The second-order valence-corrected chi connectivity index (χ2v) is 6.48. The van der Waals surface area contributed by atoms with Crippen LogP contribution in [0.25, 0.3) is 0 Å². The van der Waals surface area contributed by atoms with Crippen molar-refractivity contribution in [1.29, 1.82) is 10.5 Å².